The lowest BCUT2D eigenvalue weighted by atomic mass is 10.1. The first-order valence-corrected chi connectivity index (χ1v) is 5.73. The van der Waals surface area contributed by atoms with Gasteiger partial charge in [0.05, 0.1) is 5.56 Å². The number of hydrogen-bond acceptors (Lipinski definition) is 2. The molecule has 0 aliphatic heterocycles. The molecule has 0 bridgehead atoms. The van der Waals surface area contributed by atoms with Gasteiger partial charge in [0, 0.05) is 18.7 Å². The largest absolute Gasteiger partial charge is 0.478 e. The molecule has 0 saturated heterocycles. The van der Waals surface area contributed by atoms with Gasteiger partial charge >= 0.3 is 5.97 Å². The Hall–Kier alpha value is -1.42. The number of rotatable bonds is 5. The smallest absolute Gasteiger partial charge is 0.335 e. The second-order valence-electron chi connectivity index (χ2n) is 5.03. The molecule has 0 radical (unpaired) electrons. The first-order valence-electron chi connectivity index (χ1n) is 5.73. The summed E-state index contributed by atoms with van der Waals surface area (Å²) in [4.78, 5) is 10.8. The van der Waals surface area contributed by atoms with Crippen molar-refractivity contribution in [1.29, 1.82) is 0 Å². The van der Waals surface area contributed by atoms with Gasteiger partial charge < -0.3 is 10.4 Å². The van der Waals surface area contributed by atoms with Crippen LogP contribution >= 0.6 is 0 Å². The minimum absolute atomic E-state index is 0.126. The lowest BCUT2D eigenvalue weighted by Crippen LogP contribution is -2.22. The van der Waals surface area contributed by atoms with Crippen molar-refractivity contribution in [3.05, 3.63) is 35.1 Å². The Balaban J connectivity index is 1.98. The SMILES string of the molecule is CC1(CNCc2cc(C(=O)O)ccc2F)CC1. The highest BCUT2D eigenvalue weighted by molar-refractivity contribution is 5.87. The molecule has 4 heteroatoms. The predicted octanol–water partition coefficient (Wildman–Crippen LogP) is 2.41. The highest BCUT2D eigenvalue weighted by Gasteiger charge is 2.36. The molecule has 2 N–H and O–H groups in total. The lowest BCUT2D eigenvalue weighted by molar-refractivity contribution is 0.0696. The van der Waals surface area contributed by atoms with Crippen molar-refractivity contribution in [2.75, 3.05) is 6.54 Å². The van der Waals surface area contributed by atoms with E-state index in [2.05, 4.69) is 12.2 Å². The van der Waals surface area contributed by atoms with E-state index in [9.17, 15) is 9.18 Å². The fraction of sp³-hybridized carbons (Fsp3) is 0.462. The lowest BCUT2D eigenvalue weighted by Gasteiger charge is -2.10. The van der Waals surface area contributed by atoms with Gasteiger partial charge in [-0.05, 0) is 36.5 Å². The van der Waals surface area contributed by atoms with Crippen LogP contribution in [-0.2, 0) is 6.54 Å². The zero-order valence-corrected chi connectivity index (χ0v) is 9.79. The van der Waals surface area contributed by atoms with E-state index < -0.39 is 5.97 Å². The molecular formula is C13H16FNO2. The molecule has 0 unspecified atom stereocenters. The van der Waals surface area contributed by atoms with Gasteiger partial charge in [-0.1, -0.05) is 6.92 Å². The van der Waals surface area contributed by atoms with Gasteiger partial charge in [0.15, 0.2) is 0 Å². The van der Waals surface area contributed by atoms with E-state index in [-0.39, 0.29) is 11.4 Å². The van der Waals surface area contributed by atoms with Gasteiger partial charge in [-0.2, -0.15) is 0 Å². The Labute approximate surface area is 99.7 Å². The van der Waals surface area contributed by atoms with E-state index in [1.165, 1.54) is 31.0 Å². The quantitative estimate of drug-likeness (QED) is 0.826. The zero-order valence-electron chi connectivity index (χ0n) is 9.79. The summed E-state index contributed by atoms with van der Waals surface area (Å²) in [5.74, 6) is -1.39. The average Bonchev–Trinajstić information content (AvgIpc) is 2.99. The molecule has 0 heterocycles. The Morgan fingerprint density at radius 3 is 2.82 bits per heavy atom. The molecule has 92 valence electrons. The number of carbonyl (C=O) groups is 1. The molecule has 0 spiro atoms. The molecule has 2 rings (SSSR count). The molecule has 0 atom stereocenters. The molecule has 0 aromatic heterocycles. The van der Waals surface area contributed by atoms with Crippen molar-refractivity contribution in [2.45, 2.75) is 26.3 Å². The number of carboxylic acid groups (broad SMARTS) is 1. The van der Waals surface area contributed by atoms with Crippen molar-refractivity contribution < 1.29 is 14.3 Å². The second-order valence-corrected chi connectivity index (χ2v) is 5.03. The minimum atomic E-state index is -1.03. The Morgan fingerprint density at radius 1 is 1.53 bits per heavy atom. The standard InChI is InChI=1S/C13H16FNO2/c1-13(4-5-13)8-15-7-10-6-9(12(16)17)2-3-11(10)14/h2-3,6,15H,4-5,7-8H2,1H3,(H,16,17). The second kappa shape index (κ2) is 4.45. The van der Waals surface area contributed by atoms with Crippen LogP contribution in [-0.4, -0.2) is 17.6 Å². The van der Waals surface area contributed by atoms with Crippen molar-refractivity contribution >= 4 is 5.97 Å². The third kappa shape index (κ3) is 3.03. The number of carboxylic acids is 1. The number of hydrogen-bond donors (Lipinski definition) is 2. The summed E-state index contributed by atoms with van der Waals surface area (Å²) in [7, 11) is 0. The van der Waals surface area contributed by atoms with Crippen LogP contribution in [0.5, 0.6) is 0 Å². The molecule has 1 aromatic rings. The van der Waals surface area contributed by atoms with Crippen LogP contribution in [0.15, 0.2) is 18.2 Å². The summed E-state index contributed by atoms with van der Waals surface area (Å²) in [6.07, 6.45) is 2.41. The Bertz CT molecular complexity index is 441. The van der Waals surface area contributed by atoms with Crippen LogP contribution in [0.2, 0.25) is 0 Å². The molecule has 0 amide bonds. The molecule has 1 fully saturated rings. The maximum Gasteiger partial charge on any atom is 0.335 e. The molecule has 1 aliphatic rings. The minimum Gasteiger partial charge on any atom is -0.478 e. The molecule has 1 aromatic carbocycles. The van der Waals surface area contributed by atoms with Crippen molar-refractivity contribution in [1.82, 2.24) is 5.32 Å². The number of halogens is 1. The van der Waals surface area contributed by atoms with E-state index in [1.807, 2.05) is 0 Å². The maximum atomic E-state index is 13.4. The van der Waals surface area contributed by atoms with E-state index in [0.717, 1.165) is 6.54 Å². The summed E-state index contributed by atoms with van der Waals surface area (Å²) in [6.45, 7) is 3.41. The third-order valence-electron chi connectivity index (χ3n) is 3.26. The average molecular weight is 237 g/mol. The topological polar surface area (TPSA) is 49.3 Å². The van der Waals surface area contributed by atoms with Crippen molar-refractivity contribution in [3.63, 3.8) is 0 Å². The zero-order chi connectivity index (χ0) is 12.5. The summed E-state index contributed by atoms with van der Waals surface area (Å²) in [5.41, 5.74) is 0.899. The fourth-order valence-corrected chi connectivity index (χ4v) is 1.73. The molecule has 1 aliphatic carbocycles. The van der Waals surface area contributed by atoms with E-state index >= 15 is 0 Å². The van der Waals surface area contributed by atoms with Crippen LogP contribution in [0.4, 0.5) is 4.39 Å². The van der Waals surface area contributed by atoms with Crippen LogP contribution in [0.1, 0.15) is 35.7 Å². The van der Waals surface area contributed by atoms with Crippen LogP contribution in [0.25, 0.3) is 0 Å². The number of benzene rings is 1. The summed E-state index contributed by atoms with van der Waals surface area (Å²) < 4.78 is 13.4. The summed E-state index contributed by atoms with van der Waals surface area (Å²) in [6, 6.07) is 3.88. The molecule has 1 saturated carbocycles. The molecule has 3 nitrogen and oxygen atoms in total. The number of nitrogens with one attached hydrogen (secondary N) is 1. The highest BCUT2D eigenvalue weighted by atomic mass is 19.1. The van der Waals surface area contributed by atoms with Crippen LogP contribution in [0.3, 0.4) is 0 Å². The van der Waals surface area contributed by atoms with Gasteiger partial charge in [0.25, 0.3) is 0 Å². The van der Waals surface area contributed by atoms with E-state index in [4.69, 9.17) is 5.11 Å². The van der Waals surface area contributed by atoms with Crippen molar-refractivity contribution in [3.8, 4) is 0 Å². The first-order chi connectivity index (χ1) is 8.00. The molecule has 17 heavy (non-hydrogen) atoms. The monoisotopic (exact) mass is 237 g/mol. The van der Waals surface area contributed by atoms with Gasteiger partial charge in [-0.3, -0.25) is 0 Å². The predicted molar refractivity (Wildman–Crippen MR) is 62.4 cm³/mol. The normalized spacial score (nSPS) is 16.8. The van der Waals surface area contributed by atoms with Crippen LogP contribution < -0.4 is 5.32 Å². The number of aromatic carboxylic acids is 1. The van der Waals surface area contributed by atoms with Gasteiger partial charge in [-0.15, -0.1) is 0 Å². The molecular weight excluding hydrogens is 221 g/mol. The highest BCUT2D eigenvalue weighted by Crippen LogP contribution is 2.44. The summed E-state index contributed by atoms with van der Waals surface area (Å²) >= 11 is 0. The van der Waals surface area contributed by atoms with Gasteiger partial charge in [-0.25, -0.2) is 9.18 Å². The van der Waals surface area contributed by atoms with Gasteiger partial charge in [0.1, 0.15) is 5.82 Å². The Morgan fingerprint density at radius 2 is 2.24 bits per heavy atom. The maximum absolute atomic E-state index is 13.4. The van der Waals surface area contributed by atoms with Crippen molar-refractivity contribution in [2.24, 2.45) is 5.41 Å². The summed E-state index contributed by atoms with van der Waals surface area (Å²) in [5, 5.41) is 12.0. The van der Waals surface area contributed by atoms with E-state index in [0.29, 0.717) is 17.5 Å². The fourth-order valence-electron chi connectivity index (χ4n) is 1.73. The van der Waals surface area contributed by atoms with Crippen LogP contribution in [0, 0.1) is 11.2 Å². The van der Waals surface area contributed by atoms with E-state index in [1.54, 1.807) is 0 Å². The first kappa shape index (κ1) is 12.0. The third-order valence-corrected chi connectivity index (χ3v) is 3.26. The Kier molecular flexibility index (Phi) is 3.15. The van der Waals surface area contributed by atoms with Gasteiger partial charge in [0.2, 0.25) is 0 Å².